The van der Waals surface area contributed by atoms with Crippen molar-refractivity contribution >= 4 is 44.6 Å². The van der Waals surface area contributed by atoms with E-state index >= 15 is 0 Å². The maximum absolute atomic E-state index is 12.9. The monoisotopic (exact) mass is 556 g/mol. The molecular formula is C20H25IN6O3S. The highest BCUT2D eigenvalue weighted by molar-refractivity contribution is 14.1. The summed E-state index contributed by atoms with van der Waals surface area (Å²) in [4.78, 5) is 8.68. The fourth-order valence-electron chi connectivity index (χ4n) is 3.24. The Hall–Kier alpha value is -2.09. The number of hydrogen-bond acceptors (Lipinski definition) is 7. The van der Waals surface area contributed by atoms with Crippen molar-refractivity contribution < 1.29 is 11.5 Å². The third-order valence-corrected chi connectivity index (χ3v) is 7.22. The standard InChI is InChI=1S/C20H25IN6O3S/c1-4-19(26-20(14(3)22)27-12-23-11-24-27)18-9-17(6-5-13(18)2)31(28,29)25-10-15-7-16(8-15)30-21/h4-6,9,11-12,15-16,25H,1,7-8,10,22H2,2-3H3/b20-14-,26-19?. The summed E-state index contributed by atoms with van der Waals surface area (Å²) in [5.41, 5.74) is 8.39. The van der Waals surface area contributed by atoms with Crippen molar-refractivity contribution in [2.45, 2.75) is 37.7 Å². The summed E-state index contributed by atoms with van der Waals surface area (Å²) in [6.07, 6.45) is 6.35. The highest BCUT2D eigenvalue weighted by atomic mass is 127. The Morgan fingerprint density at radius 1 is 1.48 bits per heavy atom. The molecule has 1 aliphatic carbocycles. The number of sulfonamides is 1. The van der Waals surface area contributed by atoms with Gasteiger partial charge in [0.25, 0.3) is 0 Å². The lowest BCUT2D eigenvalue weighted by Crippen LogP contribution is -2.38. The maximum atomic E-state index is 12.9. The lowest BCUT2D eigenvalue weighted by Gasteiger charge is -2.33. The van der Waals surface area contributed by atoms with Crippen LogP contribution in [0.25, 0.3) is 5.82 Å². The van der Waals surface area contributed by atoms with E-state index in [1.807, 2.05) is 29.9 Å². The van der Waals surface area contributed by atoms with E-state index in [2.05, 4.69) is 26.4 Å². The predicted molar refractivity (Wildman–Crippen MR) is 128 cm³/mol. The zero-order valence-corrected chi connectivity index (χ0v) is 20.3. The number of hydrogen-bond donors (Lipinski definition) is 2. The molecule has 0 bridgehead atoms. The second-order valence-corrected chi connectivity index (χ2v) is 9.70. The zero-order valence-electron chi connectivity index (χ0n) is 17.3. The number of rotatable bonds is 9. The molecule has 1 aromatic heterocycles. The average Bonchev–Trinajstić information content (AvgIpc) is 3.22. The van der Waals surface area contributed by atoms with Crippen LogP contribution < -0.4 is 10.5 Å². The van der Waals surface area contributed by atoms with Gasteiger partial charge in [-0.15, -0.1) is 0 Å². The second kappa shape index (κ2) is 10.0. The fourth-order valence-corrected chi connectivity index (χ4v) is 4.79. The highest BCUT2D eigenvalue weighted by Gasteiger charge is 2.30. The molecule has 1 saturated carbocycles. The second-order valence-electron chi connectivity index (χ2n) is 7.42. The van der Waals surface area contributed by atoms with Gasteiger partial charge in [-0.05, 0) is 56.4 Å². The molecule has 3 rings (SSSR count). The van der Waals surface area contributed by atoms with E-state index in [9.17, 15) is 8.42 Å². The quantitative estimate of drug-likeness (QED) is 0.362. The Morgan fingerprint density at radius 2 is 2.23 bits per heavy atom. The number of aryl methyl sites for hydroxylation is 1. The normalized spacial score (nSPS) is 20.2. The number of aromatic nitrogens is 3. The van der Waals surface area contributed by atoms with Crippen LogP contribution in [0.5, 0.6) is 0 Å². The van der Waals surface area contributed by atoms with Crippen LogP contribution in [-0.4, -0.2) is 41.5 Å². The van der Waals surface area contributed by atoms with Gasteiger partial charge in [-0.2, -0.15) is 5.10 Å². The first-order valence-corrected chi connectivity index (χ1v) is 12.0. The van der Waals surface area contributed by atoms with Crippen molar-refractivity contribution in [3.63, 3.8) is 0 Å². The number of halogens is 1. The summed E-state index contributed by atoms with van der Waals surface area (Å²) >= 11 is 1.88. The Kier molecular flexibility index (Phi) is 7.62. The molecule has 0 unspecified atom stereocenters. The Labute approximate surface area is 196 Å². The molecule has 11 heteroatoms. The summed E-state index contributed by atoms with van der Waals surface area (Å²) in [5.74, 6) is 0.669. The van der Waals surface area contributed by atoms with Gasteiger partial charge in [-0.25, -0.2) is 27.8 Å². The zero-order chi connectivity index (χ0) is 22.6. The van der Waals surface area contributed by atoms with Crippen LogP contribution in [0.2, 0.25) is 0 Å². The largest absolute Gasteiger partial charge is 0.399 e. The third kappa shape index (κ3) is 5.59. The topological polar surface area (TPSA) is 124 Å². The molecule has 0 atom stereocenters. The van der Waals surface area contributed by atoms with Crippen molar-refractivity contribution in [3.8, 4) is 0 Å². The first-order valence-electron chi connectivity index (χ1n) is 9.65. The van der Waals surface area contributed by atoms with Gasteiger partial charge >= 0.3 is 0 Å². The average molecular weight is 556 g/mol. The summed E-state index contributed by atoms with van der Waals surface area (Å²) in [7, 11) is -3.67. The van der Waals surface area contributed by atoms with E-state index < -0.39 is 10.0 Å². The minimum atomic E-state index is -3.67. The van der Waals surface area contributed by atoms with Gasteiger partial charge in [0.1, 0.15) is 35.7 Å². The van der Waals surface area contributed by atoms with E-state index in [0.29, 0.717) is 29.3 Å². The van der Waals surface area contributed by atoms with Crippen LogP contribution in [0.1, 0.15) is 30.9 Å². The third-order valence-electron chi connectivity index (χ3n) is 5.08. The number of benzene rings is 1. The van der Waals surface area contributed by atoms with Gasteiger partial charge in [0, 0.05) is 12.1 Å². The van der Waals surface area contributed by atoms with Crippen LogP contribution in [0.15, 0.2) is 59.1 Å². The van der Waals surface area contributed by atoms with Crippen LogP contribution in [0.4, 0.5) is 0 Å². The van der Waals surface area contributed by atoms with Gasteiger partial charge in [0.05, 0.1) is 22.4 Å². The molecule has 31 heavy (non-hydrogen) atoms. The Bertz CT molecular complexity index is 1100. The summed E-state index contributed by atoms with van der Waals surface area (Å²) in [6.45, 7) is 7.81. The molecule has 9 nitrogen and oxygen atoms in total. The molecule has 3 N–H and O–H groups in total. The molecule has 0 spiro atoms. The molecule has 0 saturated heterocycles. The number of allylic oxidation sites excluding steroid dienone is 2. The smallest absolute Gasteiger partial charge is 0.240 e. The van der Waals surface area contributed by atoms with Crippen LogP contribution in [0.3, 0.4) is 0 Å². The lowest BCUT2D eigenvalue weighted by molar-refractivity contribution is 0.109. The molecule has 1 heterocycles. The molecule has 2 aromatic rings. The van der Waals surface area contributed by atoms with Crippen LogP contribution >= 0.6 is 23.0 Å². The van der Waals surface area contributed by atoms with Crippen LogP contribution in [-0.2, 0) is 13.1 Å². The molecule has 0 amide bonds. The van der Waals surface area contributed by atoms with Crippen molar-refractivity contribution in [2.24, 2.45) is 16.6 Å². The van der Waals surface area contributed by atoms with Gasteiger partial charge in [0.2, 0.25) is 10.0 Å². The van der Waals surface area contributed by atoms with Crippen molar-refractivity contribution in [3.05, 3.63) is 60.3 Å². The molecule has 1 aromatic carbocycles. The van der Waals surface area contributed by atoms with E-state index in [1.54, 1.807) is 31.2 Å². The lowest BCUT2D eigenvalue weighted by atomic mass is 9.83. The maximum Gasteiger partial charge on any atom is 0.240 e. The van der Waals surface area contributed by atoms with Crippen molar-refractivity contribution in [1.82, 2.24) is 19.5 Å². The summed E-state index contributed by atoms with van der Waals surface area (Å²) in [6, 6.07) is 4.93. The minimum Gasteiger partial charge on any atom is -0.399 e. The SMILES string of the molecule is C=CC(=N/C(=C(\C)N)n1cncn1)c1cc(S(=O)(=O)NCC2CC(OI)C2)ccc1C. The first-order chi connectivity index (χ1) is 14.7. The Morgan fingerprint density at radius 3 is 2.81 bits per heavy atom. The number of nitrogens with two attached hydrogens (primary N) is 1. The molecule has 0 radical (unpaired) electrons. The molecule has 1 aliphatic rings. The fraction of sp³-hybridized carbons (Fsp3) is 0.350. The molecule has 166 valence electrons. The molecule has 1 fully saturated rings. The van der Waals surface area contributed by atoms with Gasteiger partial charge < -0.3 is 8.80 Å². The first kappa shape index (κ1) is 23.6. The number of nitrogens with one attached hydrogen (secondary N) is 1. The number of nitrogens with zero attached hydrogens (tertiary/aromatic N) is 4. The van der Waals surface area contributed by atoms with Crippen LogP contribution in [0, 0.1) is 12.8 Å². The van der Waals surface area contributed by atoms with Crippen molar-refractivity contribution in [2.75, 3.05) is 6.54 Å². The van der Waals surface area contributed by atoms with Gasteiger partial charge in [0.15, 0.2) is 5.82 Å². The van der Waals surface area contributed by atoms with E-state index in [1.165, 1.54) is 17.3 Å². The predicted octanol–water partition coefficient (Wildman–Crippen LogP) is 2.79. The Balaban J connectivity index is 1.88. The molecular weight excluding hydrogens is 531 g/mol. The van der Waals surface area contributed by atoms with Gasteiger partial charge in [-0.1, -0.05) is 12.6 Å². The summed E-state index contributed by atoms with van der Waals surface area (Å²) < 4.78 is 35.1. The van der Waals surface area contributed by atoms with Gasteiger partial charge in [-0.3, -0.25) is 0 Å². The minimum absolute atomic E-state index is 0.166. The summed E-state index contributed by atoms with van der Waals surface area (Å²) in [5, 5.41) is 4.07. The molecule has 0 aliphatic heterocycles. The number of aliphatic imine (C=N–C) groups is 1. The highest BCUT2D eigenvalue weighted by Crippen LogP contribution is 2.31. The van der Waals surface area contributed by atoms with Crippen molar-refractivity contribution in [1.29, 1.82) is 0 Å². The van der Waals surface area contributed by atoms with E-state index in [-0.39, 0.29) is 16.9 Å². The van der Waals surface area contributed by atoms with E-state index in [4.69, 9.17) is 8.80 Å². The van der Waals surface area contributed by atoms with E-state index in [0.717, 1.165) is 18.4 Å².